The lowest BCUT2D eigenvalue weighted by Gasteiger charge is -2.33. The summed E-state index contributed by atoms with van der Waals surface area (Å²) in [5.41, 5.74) is 5.27. The summed E-state index contributed by atoms with van der Waals surface area (Å²) in [6.07, 6.45) is 8.72. The van der Waals surface area contributed by atoms with E-state index in [1.807, 2.05) is 0 Å². The third-order valence-corrected chi connectivity index (χ3v) is 4.64. The van der Waals surface area contributed by atoms with Crippen molar-refractivity contribution in [2.24, 2.45) is 17.6 Å². The molecule has 1 amide bonds. The van der Waals surface area contributed by atoms with Gasteiger partial charge in [0.05, 0.1) is 6.10 Å². The molecule has 1 heterocycles. The van der Waals surface area contributed by atoms with Crippen LogP contribution in [0.25, 0.3) is 0 Å². The van der Waals surface area contributed by atoms with Gasteiger partial charge in [-0.05, 0) is 37.6 Å². The van der Waals surface area contributed by atoms with E-state index in [4.69, 9.17) is 5.73 Å². The standard InChI is InChI=1S/C15H28N2O2/c16-15(19)9-13-6-3-7-17(10-13)11-14(18)8-12-4-1-2-5-12/h12-14,18H,1-11H2,(H2,16,19)/t13-,14-/m1/s1. The van der Waals surface area contributed by atoms with Crippen LogP contribution in [-0.4, -0.2) is 41.7 Å². The van der Waals surface area contributed by atoms with Gasteiger partial charge in [-0.25, -0.2) is 0 Å². The number of hydrogen-bond donors (Lipinski definition) is 2. The van der Waals surface area contributed by atoms with Crippen molar-refractivity contribution >= 4 is 5.91 Å². The summed E-state index contributed by atoms with van der Waals surface area (Å²) >= 11 is 0. The summed E-state index contributed by atoms with van der Waals surface area (Å²) in [7, 11) is 0. The number of aliphatic hydroxyl groups is 1. The van der Waals surface area contributed by atoms with Crippen molar-refractivity contribution in [3.63, 3.8) is 0 Å². The molecule has 0 bridgehead atoms. The van der Waals surface area contributed by atoms with Gasteiger partial charge in [-0.2, -0.15) is 0 Å². The molecule has 0 aromatic heterocycles. The molecule has 4 heteroatoms. The number of hydrogen-bond acceptors (Lipinski definition) is 3. The number of carbonyl (C=O) groups is 1. The summed E-state index contributed by atoms with van der Waals surface area (Å²) < 4.78 is 0. The van der Waals surface area contributed by atoms with E-state index < -0.39 is 0 Å². The third kappa shape index (κ3) is 5.11. The van der Waals surface area contributed by atoms with E-state index in [0.717, 1.165) is 44.8 Å². The fourth-order valence-corrected chi connectivity index (χ4v) is 3.77. The average molecular weight is 268 g/mol. The molecule has 2 rings (SSSR count). The monoisotopic (exact) mass is 268 g/mol. The molecular formula is C15H28N2O2. The predicted octanol–water partition coefficient (Wildman–Crippen LogP) is 1.51. The summed E-state index contributed by atoms with van der Waals surface area (Å²) in [5, 5.41) is 10.2. The topological polar surface area (TPSA) is 66.6 Å². The Morgan fingerprint density at radius 1 is 1.21 bits per heavy atom. The summed E-state index contributed by atoms with van der Waals surface area (Å²) in [6.45, 7) is 2.74. The lowest BCUT2D eigenvalue weighted by atomic mass is 9.93. The quantitative estimate of drug-likeness (QED) is 0.767. The van der Waals surface area contributed by atoms with Crippen molar-refractivity contribution in [1.29, 1.82) is 0 Å². The van der Waals surface area contributed by atoms with E-state index >= 15 is 0 Å². The maximum atomic E-state index is 11.0. The zero-order chi connectivity index (χ0) is 13.7. The van der Waals surface area contributed by atoms with E-state index in [-0.39, 0.29) is 12.0 Å². The molecule has 2 aliphatic rings. The van der Waals surface area contributed by atoms with Crippen molar-refractivity contribution in [1.82, 2.24) is 4.90 Å². The molecule has 1 aliphatic carbocycles. The van der Waals surface area contributed by atoms with E-state index in [9.17, 15) is 9.90 Å². The van der Waals surface area contributed by atoms with E-state index in [2.05, 4.69) is 4.90 Å². The number of aliphatic hydroxyl groups excluding tert-OH is 1. The molecule has 110 valence electrons. The van der Waals surface area contributed by atoms with Crippen LogP contribution in [0.1, 0.15) is 51.4 Å². The molecule has 0 spiro atoms. The van der Waals surface area contributed by atoms with E-state index in [1.54, 1.807) is 0 Å². The Morgan fingerprint density at radius 3 is 2.58 bits per heavy atom. The minimum atomic E-state index is -0.199. The summed E-state index contributed by atoms with van der Waals surface area (Å²) in [4.78, 5) is 13.3. The molecule has 0 aromatic rings. The summed E-state index contributed by atoms with van der Waals surface area (Å²) in [6, 6.07) is 0. The van der Waals surface area contributed by atoms with Gasteiger partial charge >= 0.3 is 0 Å². The number of nitrogens with zero attached hydrogens (tertiary/aromatic N) is 1. The molecule has 2 atom stereocenters. The molecule has 1 saturated heterocycles. The van der Waals surface area contributed by atoms with E-state index in [0.29, 0.717) is 12.3 Å². The molecular weight excluding hydrogens is 240 g/mol. The SMILES string of the molecule is NC(=O)C[C@H]1CCCN(C[C@H](O)CC2CCCC2)C1. The number of β-amino-alcohol motifs (C(OH)–C–C–N with tert-alkyl or cyclic N) is 1. The number of amides is 1. The highest BCUT2D eigenvalue weighted by Gasteiger charge is 2.25. The summed E-state index contributed by atoms with van der Waals surface area (Å²) in [5.74, 6) is 0.935. The Kier molecular flexibility index (Phi) is 5.64. The molecule has 2 fully saturated rings. The Labute approximate surface area is 116 Å². The Hall–Kier alpha value is -0.610. The predicted molar refractivity (Wildman–Crippen MR) is 75.6 cm³/mol. The number of rotatable bonds is 6. The first kappa shape index (κ1) is 14.8. The molecule has 0 aromatic carbocycles. The van der Waals surface area contributed by atoms with Crippen molar-refractivity contribution < 1.29 is 9.90 Å². The largest absolute Gasteiger partial charge is 0.392 e. The van der Waals surface area contributed by atoms with Crippen LogP contribution in [0.2, 0.25) is 0 Å². The van der Waals surface area contributed by atoms with Crippen LogP contribution in [0.15, 0.2) is 0 Å². The van der Waals surface area contributed by atoms with Crippen LogP contribution in [0, 0.1) is 11.8 Å². The van der Waals surface area contributed by atoms with Gasteiger partial charge in [0.15, 0.2) is 0 Å². The number of primary amides is 1. The third-order valence-electron chi connectivity index (χ3n) is 4.64. The van der Waals surface area contributed by atoms with E-state index in [1.165, 1.54) is 25.7 Å². The smallest absolute Gasteiger partial charge is 0.217 e. The van der Waals surface area contributed by atoms with Crippen molar-refractivity contribution in [2.45, 2.75) is 57.5 Å². The van der Waals surface area contributed by atoms with Crippen LogP contribution >= 0.6 is 0 Å². The second-order valence-electron chi connectivity index (χ2n) is 6.48. The van der Waals surface area contributed by atoms with Crippen molar-refractivity contribution in [3.05, 3.63) is 0 Å². The maximum absolute atomic E-state index is 11.0. The van der Waals surface area contributed by atoms with Gasteiger partial charge in [0.1, 0.15) is 0 Å². The fraction of sp³-hybridized carbons (Fsp3) is 0.933. The fourth-order valence-electron chi connectivity index (χ4n) is 3.77. The first-order valence-electron chi connectivity index (χ1n) is 7.82. The second-order valence-corrected chi connectivity index (χ2v) is 6.48. The van der Waals surface area contributed by atoms with Gasteiger partial charge in [0.25, 0.3) is 0 Å². The molecule has 1 saturated carbocycles. The van der Waals surface area contributed by atoms with Gasteiger partial charge in [-0.1, -0.05) is 25.7 Å². The number of carbonyl (C=O) groups excluding carboxylic acids is 1. The van der Waals surface area contributed by atoms with Gasteiger partial charge in [0, 0.05) is 19.5 Å². The minimum absolute atomic E-state index is 0.196. The molecule has 4 nitrogen and oxygen atoms in total. The van der Waals surface area contributed by atoms with Gasteiger partial charge in [-0.15, -0.1) is 0 Å². The number of likely N-dealkylation sites (tertiary alicyclic amines) is 1. The normalized spacial score (nSPS) is 27.5. The maximum Gasteiger partial charge on any atom is 0.217 e. The molecule has 1 aliphatic heterocycles. The molecule has 0 unspecified atom stereocenters. The average Bonchev–Trinajstić information content (AvgIpc) is 2.81. The first-order chi connectivity index (χ1) is 9.13. The lowest BCUT2D eigenvalue weighted by molar-refractivity contribution is -0.119. The Morgan fingerprint density at radius 2 is 1.89 bits per heavy atom. The highest BCUT2D eigenvalue weighted by atomic mass is 16.3. The van der Waals surface area contributed by atoms with Crippen molar-refractivity contribution in [2.75, 3.05) is 19.6 Å². The zero-order valence-corrected chi connectivity index (χ0v) is 11.9. The van der Waals surface area contributed by atoms with Crippen LogP contribution < -0.4 is 5.73 Å². The van der Waals surface area contributed by atoms with Crippen LogP contribution in [-0.2, 0) is 4.79 Å². The van der Waals surface area contributed by atoms with Crippen LogP contribution in [0.3, 0.4) is 0 Å². The Bertz CT molecular complexity index is 290. The number of piperidine rings is 1. The Balaban J connectivity index is 1.70. The highest BCUT2D eigenvalue weighted by Crippen LogP contribution is 2.29. The highest BCUT2D eigenvalue weighted by molar-refractivity contribution is 5.74. The number of nitrogens with two attached hydrogens (primary N) is 1. The minimum Gasteiger partial charge on any atom is -0.392 e. The van der Waals surface area contributed by atoms with Crippen molar-refractivity contribution in [3.8, 4) is 0 Å². The second kappa shape index (κ2) is 7.25. The molecule has 0 radical (unpaired) electrons. The van der Waals surface area contributed by atoms with Crippen LogP contribution in [0.4, 0.5) is 0 Å². The first-order valence-corrected chi connectivity index (χ1v) is 7.82. The van der Waals surface area contributed by atoms with Crippen LogP contribution in [0.5, 0.6) is 0 Å². The lowest BCUT2D eigenvalue weighted by Crippen LogP contribution is -2.41. The molecule has 19 heavy (non-hydrogen) atoms. The van der Waals surface area contributed by atoms with Gasteiger partial charge < -0.3 is 15.7 Å². The zero-order valence-electron chi connectivity index (χ0n) is 11.9. The van der Waals surface area contributed by atoms with Gasteiger partial charge in [-0.3, -0.25) is 4.79 Å². The van der Waals surface area contributed by atoms with Gasteiger partial charge in [0.2, 0.25) is 5.91 Å². The molecule has 3 N–H and O–H groups in total.